The maximum atomic E-state index is 11.9. The molecule has 4 heteroatoms. The summed E-state index contributed by atoms with van der Waals surface area (Å²) in [6, 6.07) is -0.0609. The van der Waals surface area contributed by atoms with Crippen molar-refractivity contribution in [1.82, 2.24) is 9.80 Å². The predicted molar refractivity (Wildman–Crippen MR) is 73.2 cm³/mol. The summed E-state index contributed by atoms with van der Waals surface area (Å²) >= 11 is 0. The number of hydrogen-bond acceptors (Lipinski definition) is 2. The molecule has 0 aromatic carbocycles. The van der Waals surface area contributed by atoms with Gasteiger partial charge < -0.3 is 4.90 Å². The molecule has 0 saturated carbocycles. The first kappa shape index (κ1) is 15.7. The Morgan fingerprint density at radius 1 is 1.12 bits per heavy atom. The highest BCUT2D eigenvalue weighted by molar-refractivity contribution is 5.84. The van der Waals surface area contributed by atoms with Crippen molar-refractivity contribution in [3.8, 4) is 0 Å². The van der Waals surface area contributed by atoms with E-state index in [-0.39, 0.29) is 6.03 Å². The van der Waals surface area contributed by atoms with Gasteiger partial charge in [0.15, 0.2) is 0 Å². The zero-order valence-electron chi connectivity index (χ0n) is 12.2. The van der Waals surface area contributed by atoms with Crippen LogP contribution in [-0.4, -0.2) is 42.7 Å². The van der Waals surface area contributed by atoms with E-state index in [4.69, 9.17) is 0 Å². The van der Waals surface area contributed by atoms with Crippen LogP contribution in [0.5, 0.6) is 0 Å². The molecule has 0 rings (SSSR count). The average molecular weight is 239 g/mol. The van der Waals surface area contributed by atoms with Crippen LogP contribution < -0.4 is 0 Å². The van der Waals surface area contributed by atoms with E-state index in [0.29, 0.717) is 0 Å². The summed E-state index contributed by atoms with van der Waals surface area (Å²) in [5.41, 5.74) is 2.10. The van der Waals surface area contributed by atoms with Gasteiger partial charge in [-0.1, -0.05) is 13.3 Å². The molecule has 0 saturated heterocycles. The highest BCUT2D eigenvalue weighted by Gasteiger charge is 2.15. The predicted octanol–water partition coefficient (Wildman–Crippen LogP) is 3.11. The first-order valence-corrected chi connectivity index (χ1v) is 5.97. The highest BCUT2D eigenvalue weighted by atomic mass is 16.2. The van der Waals surface area contributed by atoms with Crippen molar-refractivity contribution >= 4 is 11.7 Å². The number of allylic oxidation sites excluding steroid dienone is 1. The molecule has 0 spiro atoms. The lowest BCUT2D eigenvalue weighted by atomic mass is 10.2. The molecule has 0 aliphatic rings. The van der Waals surface area contributed by atoms with Crippen LogP contribution in [0.15, 0.2) is 16.4 Å². The van der Waals surface area contributed by atoms with Gasteiger partial charge in [0.1, 0.15) is 5.82 Å². The molecule has 0 bridgehead atoms. The van der Waals surface area contributed by atoms with Crippen LogP contribution in [0.25, 0.3) is 0 Å². The van der Waals surface area contributed by atoms with E-state index in [1.165, 1.54) is 0 Å². The molecule has 0 heterocycles. The van der Waals surface area contributed by atoms with E-state index in [2.05, 4.69) is 11.9 Å². The molecule has 17 heavy (non-hydrogen) atoms. The van der Waals surface area contributed by atoms with Crippen LogP contribution in [-0.2, 0) is 0 Å². The van der Waals surface area contributed by atoms with E-state index in [0.717, 1.165) is 29.9 Å². The standard InChI is InChI=1S/C13H25N3O/c1-8-9-11(4)14-12(10(2)3)16(7)13(17)15(5)6/h8-9H2,1-7H3. The third-order valence-corrected chi connectivity index (χ3v) is 2.34. The van der Waals surface area contributed by atoms with Gasteiger partial charge in [0.25, 0.3) is 0 Å². The molecule has 0 N–H and O–H groups in total. The quantitative estimate of drug-likeness (QED) is 0.694. The van der Waals surface area contributed by atoms with Crippen LogP contribution in [0.4, 0.5) is 4.79 Å². The summed E-state index contributed by atoms with van der Waals surface area (Å²) in [4.78, 5) is 19.6. The van der Waals surface area contributed by atoms with Gasteiger partial charge in [0.05, 0.1) is 0 Å². The van der Waals surface area contributed by atoms with Crippen LogP contribution in [0.1, 0.15) is 40.5 Å². The van der Waals surface area contributed by atoms with Crippen molar-refractivity contribution in [2.24, 2.45) is 4.99 Å². The van der Waals surface area contributed by atoms with Crippen molar-refractivity contribution < 1.29 is 4.79 Å². The third kappa shape index (κ3) is 5.02. The number of hydrogen-bond donors (Lipinski definition) is 0. The Morgan fingerprint density at radius 2 is 1.65 bits per heavy atom. The van der Waals surface area contributed by atoms with E-state index < -0.39 is 0 Å². The number of urea groups is 1. The molecule has 0 atom stereocenters. The molecule has 0 aromatic heterocycles. The zero-order valence-corrected chi connectivity index (χ0v) is 12.2. The lowest BCUT2D eigenvalue weighted by Gasteiger charge is -2.23. The van der Waals surface area contributed by atoms with Gasteiger partial charge in [-0.3, -0.25) is 4.90 Å². The van der Waals surface area contributed by atoms with Gasteiger partial charge in [0.2, 0.25) is 0 Å². The van der Waals surface area contributed by atoms with E-state index in [1.54, 1.807) is 30.9 Å². The smallest absolute Gasteiger partial charge is 0.324 e. The summed E-state index contributed by atoms with van der Waals surface area (Å²) in [5.74, 6) is 0.745. The fourth-order valence-electron chi connectivity index (χ4n) is 1.51. The minimum Gasteiger partial charge on any atom is -0.330 e. The Morgan fingerprint density at radius 3 is 2.00 bits per heavy atom. The van der Waals surface area contributed by atoms with Crippen molar-refractivity contribution in [3.63, 3.8) is 0 Å². The number of amides is 2. The largest absolute Gasteiger partial charge is 0.330 e. The minimum absolute atomic E-state index is 0.0609. The van der Waals surface area contributed by atoms with E-state index in [9.17, 15) is 4.79 Å². The van der Waals surface area contributed by atoms with Crippen LogP contribution >= 0.6 is 0 Å². The second-order valence-electron chi connectivity index (χ2n) is 4.66. The Labute approximate surface area is 105 Å². The minimum atomic E-state index is -0.0609. The summed E-state index contributed by atoms with van der Waals surface area (Å²) in [6.45, 7) is 8.06. The maximum Gasteiger partial charge on any atom is 0.324 e. The Balaban J connectivity index is 5.09. The molecule has 0 aliphatic heterocycles. The van der Waals surface area contributed by atoms with Crippen LogP contribution in [0, 0.1) is 0 Å². The van der Waals surface area contributed by atoms with Crippen molar-refractivity contribution in [3.05, 3.63) is 11.4 Å². The molecule has 0 radical (unpaired) electrons. The number of nitrogens with zero attached hydrogens (tertiary/aromatic N) is 3. The monoisotopic (exact) mass is 239 g/mol. The first-order chi connectivity index (χ1) is 7.81. The van der Waals surface area contributed by atoms with E-state index >= 15 is 0 Å². The van der Waals surface area contributed by atoms with Crippen LogP contribution in [0.3, 0.4) is 0 Å². The van der Waals surface area contributed by atoms with Gasteiger partial charge in [-0.2, -0.15) is 0 Å². The highest BCUT2D eigenvalue weighted by Crippen LogP contribution is 2.13. The summed E-state index contributed by atoms with van der Waals surface area (Å²) in [6.07, 6.45) is 2.03. The second-order valence-corrected chi connectivity index (χ2v) is 4.66. The first-order valence-electron chi connectivity index (χ1n) is 5.97. The zero-order chi connectivity index (χ0) is 13.6. The van der Waals surface area contributed by atoms with Gasteiger partial charge in [-0.15, -0.1) is 0 Å². The second kappa shape index (κ2) is 7.09. The normalized spacial score (nSPS) is 11.1. The summed E-state index contributed by atoms with van der Waals surface area (Å²) < 4.78 is 0. The van der Waals surface area contributed by atoms with Gasteiger partial charge in [-0.05, 0) is 32.8 Å². The molecule has 0 aromatic rings. The average Bonchev–Trinajstić information content (AvgIpc) is 2.23. The van der Waals surface area contributed by atoms with Crippen molar-refractivity contribution in [2.45, 2.75) is 40.5 Å². The third-order valence-electron chi connectivity index (χ3n) is 2.34. The molecule has 98 valence electrons. The molecule has 0 fully saturated rings. The summed E-state index contributed by atoms with van der Waals surface area (Å²) in [5, 5.41) is 0. The number of carbonyl (C=O) groups is 1. The fraction of sp³-hybridized carbons (Fsp3) is 0.692. The SMILES string of the molecule is CCCC(C)=NC(=C(C)C)N(C)C(=O)N(C)C. The molecular weight excluding hydrogens is 214 g/mol. The molecule has 0 unspecified atom stereocenters. The summed E-state index contributed by atoms with van der Waals surface area (Å²) in [7, 11) is 5.24. The fourth-order valence-corrected chi connectivity index (χ4v) is 1.51. The molecule has 0 aliphatic carbocycles. The number of rotatable bonds is 4. The molecule has 4 nitrogen and oxygen atoms in total. The Kier molecular flexibility index (Phi) is 6.54. The number of aliphatic imine (C=N–C) groups is 1. The Hall–Kier alpha value is -1.32. The van der Waals surface area contributed by atoms with Gasteiger partial charge >= 0.3 is 6.03 Å². The molecule has 2 amide bonds. The van der Waals surface area contributed by atoms with E-state index in [1.807, 2.05) is 20.8 Å². The van der Waals surface area contributed by atoms with Crippen LogP contribution in [0.2, 0.25) is 0 Å². The van der Waals surface area contributed by atoms with Crippen molar-refractivity contribution in [1.29, 1.82) is 0 Å². The lowest BCUT2D eigenvalue weighted by molar-refractivity contribution is 0.192. The van der Waals surface area contributed by atoms with Crippen molar-refractivity contribution in [2.75, 3.05) is 21.1 Å². The Bertz CT molecular complexity index is 326. The topological polar surface area (TPSA) is 35.9 Å². The lowest BCUT2D eigenvalue weighted by Crippen LogP contribution is -2.35. The molecular formula is C13H25N3O. The number of carbonyl (C=O) groups excluding carboxylic acids is 1. The maximum absolute atomic E-state index is 11.9. The van der Waals surface area contributed by atoms with Gasteiger partial charge in [-0.25, -0.2) is 9.79 Å². The van der Waals surface area contributed by atoms with Gasteiger partial charge in [0, 0.05) is 26.9 Å².